The first kappa shape index (κ1) is 15.2. The lowest BCUT2D eigenvalue weighted by Crippen LogP contribution is -2.24. The van der Waals surface area contributed by atoms with Crippen LogP contribution >= 0.6 is 15.9 Å². The van der Waals surface area contributed by atoms with Gasteiger partial charge >= 0.3 is 0 Å². The van der Waals surface area contributed by atoms with Crippen molar-refractivity contribution in [3.05, 3.63) is 52.3 Å². The minimum Gasteiger partial charge on any atom is -0.335 e. The fraction of sp³-hybridized carbons (Fsp3) is 0.400. The van der Waals surface area contributed by atoms with Gasteiger partial charge in [-0.1, -0.05) is 22.9 Å². The molecule has 0 bridgehead atoms. The molecule has 0 aliphatic heterocycles. The van der Waals surface area contributed by atoms with Gasteiger partial charge in [-0.05, 0) is 37.2 Å². The van der Waals surface area contributed by atoms with Gasteiger partial charge in [-0.15, -0.1) is 0 Å². The van der Waals surface area contributed by atoms with Gasteiger partial charge in [0.15, 0.2) is 0 Å². The second-order valence-corrected chi connectivity index (χ2v) is 5.56. The van der Waals surface area contributed by atoms with Crippen molar-refractivity contribution < 1.29 is 4.39 Å². The molecule has 5 heteroatoms. The van der Waals surface area contributed by atoms with E-state index in [1.54, 1.807) is 6.07 Å². The second-order valence-electron chi connectivity index (χ2n) is 4.65. The number of nitrogens with one attached hydrogen (secondary N) is 1. The van der Waals surface area contributed by atoms with Crippen molar-refractivity contribution in [1.29, 1.82) is 0 Å². The number of aryl methyl sites for hydroxylation is 1. The number of hydrogen-bond acceptors (Lipinski definition) is 2. The molecule has 0 aliphatic carbocycles. The molecule has 1 N–H and O–H groups in total. The lowest BCUT2D eigenvalue weighted by molar-refractivity contribution is 0.517. The summed E-state index contributed by atoms with van der Waals surface area (Å²) in [5, 5.41) is 3.40. The van der Waals surface area contributed by atoms with Crippen LogP contribution in [0.1, 0.15) is 31.3 Å². The Hall–Kier alpha value is -1.20. The minimum atomic E-state index is -0.226. The van der Waals surface area contributed by atoms with Crippen LogP contribution in [0.2, 0.25) is 0 Å². The first-order chi connectivity index (χ1) is 9.63. The fourth-order valence-electron chi connectivity index (χ4n) is 2.33. The summed E-state index contributed by atoms with van der Waals surface area (Å²) >= 11 is 3.35. The van der Waals surface area contributed by atoms with Crippen molar-refractivity contribution in [3.8, 4) is 0 Å². The first-order valence-electron chi connectivity index (χ1n) is 6.83. The molecule has 108 valence electrons. The predicted molar refractivity (Wildman–Crippen MR) is 82.1 cm³/mol. The highest BCUT2D eigenvalue weighted by molar-refractivity contribution is 9.10. The lowest BCUT2D eigenvalue weighted by Gasteiger charge is -2.19. The smallest absolute Gasteiger partial charge is 0.124 e. The van der Waals surface area contributed by atoms with Crippen molar-refractivity contribution in [2.24, 2.45) is 0 Å². The standard InChI is InChI=1S/C15H19BrFN3/c1-3-18-14(10-15-19-5-6-20(15)4-2)11-7-12(16)9-13(17)8-11/h5-9,14,18H,3-4,10H2,1-2H3. The Morgan fingerprint density at radius 1 is 1.35 bits per heavy atom. The van der Waals surface area contributed by atoms with Crippen LogP contribution < -0.4 is 5.32 Å². The Morgan fingerprint density at radius 3 is 2.80 bits per heavy atom. The number of likely N-dealkylation sites (N-methyl/N-ethyl adjacent to an activating group) is 1. The molecule has 0 amide bonds. The van der Waals surface area contributed by atoms with E-state index in [4.69, 9.17) is 0 Å². The van der Waals surface area contributed by atoms with Gasteiger partial charge in [0.1, 0.15) is 11.6 Å². The van der Waals surface area contributed by atoms with Crippen LogP contribution in [-0.4, -0.2) is 16.1 Å². The highest BCUT2D eigenvalue weighted by Gasteiger charge is 2.15. The van der Waals surface area contributed by atoms with Crippen LogP contribution in [-0.2, 0) is 13.0 Å². The van der Waals surface area contributed by atoms with Gasteiger partial charge in [0.05, 0.1) is 0 Å². The zero-order chi connectivity index (χ0) is 14.5. The van der Waals surface area contributed by atoms with Gasteiger partial charge < -0.3 is 9.88 Å². The molecule has 2 aromatic rings. The third-order valence-corrected chi connectivity index (χ3v) is 3.72. The maximum atomic E-state index is 13.6. The first-order valence-corrected chi connectivity index (χ1v) is 7.62. The minimum absolute atomic E-state index is 0.0553. The average molecular weight is 340 g/mol. The zero-order valence-electron chi connectivity index (χ0n) is 11.7. The van der Waals surface area contributed by atoms with Crippen LogP contribution in [0.5, 0.6) is 0 Å². The van der Waals surface area contributed by atoms with Gasteiger partial charge in [-0.3, -0.25) is 0 Å². The van der Waals surface area contributed by atoms with E-state index in [0.717, 1.165) is 35.4 Å². The molecule has 1 unspecified atom stereocenters. The number of rotatable bonds is 6. The summed E-state index contributed by atoms with van der Waals surface area (Å²) in [6, 6.07) is 5.06. The van der Waals surface area contributed by atoms with Gasteiger partial charge in [-0.25, -0.2) is 9.37 Å². The average Bonchev–Trinajstić information content (AvgIpc) is 2.84. The van der Waals surface area contributed by atoms with Crippen molar-refractivity contribution in [3.63, 3.8) is 0 Å². The number of imidazole rings is 1. The summed E-state index contributed by atoms with van der Waals surface area (Å²) in [6.45, 7) is 5.85. The molecular formula is C15H19BrFN3. The molecule has 1 aromatic heterocycles. The van der Waals surface area contributed by atoms with Crippen molar-refractivity contribution in [1.82, 2.24) is 14.9 Å². The maximum absolute atomic E-state index is 13.6. The second kappa shape index (κ2) is 6.99. The molecule has 0 saturated heterocycles. The van der Waals surface area contributed by atoms with Gasteiger partial charge in [-0.2, -0.15) is 0 Å². The number of aromatic nitrogens is 2. The van der Waals surface area contributed by atoms with E-state index in [1.807, 2.05) is 25.4 Å². The highest BCUT2D eigenvalue weighted by Crippen LogP contribution is 2.23. The molecule has 1 atom stereocenters. The number of benzene rings is 1. The maximum Gasteiger partial charge on any atom is 0.124 e. The number of hydrogen-bond donors (Lipinski definition) is 1. The van der Waals surface area contributed by atoms with Gasteiger partial charge in [0.25, 0.3) is 0 Å². The normalized spacial score (nSPS) is 12.6. The van der Waals surface area contributed by atoms with Crippen LogP contribution in [0, 0.1) is 5.82 Å². The number of halogens is 2. The van der Waals surface area contributed by atoms with Gasteiger partial charge in [0, 0.05) is 35.9 Å². The fourth-order valence-corrected chi connectivity index (χ4v) is 2.81. The molecule has 1 heterocycles. The predicted octanol–water partition coefficient (Wildman–Crippen LogP) is 3.70. The Labute approximate surface area is 127 Å². The van der Waals surface area contributed by atoms with E-state index in [-0.39, 0.29) is 11.9 Å². The van der Waals surface area contributed by atoms with E-state index in [1.165, 1.54) is 6.07 Å². The van der Waals surface area contributed by atoms with Crippen molar-refractivity contribution in [2.75, 3.05) is 6.54 Å². The van der Waals surface area contributed by atoms with E-state index < -0.39 is 0 Å². The SMILES string of the molecule is CCNC(Cc1nccn1CC)c1cc(F)cc(Br)c1. The summed E-state index contributed by atoms with van der Waals surface area (Å²) in [5.74, 6) is 0.787. The van der Waals surface area contributed by atoms with Gasteiger partial charge in [0.2, 0.25) is 0 Å². The van der Waals surface area contributed by atoms with E-state index in [0.29, 0.717) is 0 Å². The molecule has 0 saturated carbocycles. The van der Waals surface area contributed by atoms with Crippen LogP contribution in [0.3, 0.4) is 0 Å². The Kier molecular flexibility index (Phi) is 5.31. The van der Waals surface area contributed by atoms with E-state index >= 15 is 0 Å². The molecule has 0 radical (unpaired) electrons. The summed E-state index contributed by atoms with van der Waals surface area (Å²) < 4.78 is 16.4. The van der Waals surface area contributed by atoms with Crippen molar-refractivity contribution in [2.45, 2.75) is 32.9 Å². The molecule has 20 heavy (non-hydrogen) atoms. The molecule has 3 nitrogen and oxygen atoms in total. The Morgan fingerprint density at radius 2 is 2.15 bits per heavy atom. The summed E-state index contributed by atoms with van der Waals surface area (Å²) in [7, 11) is 0. The molecule has 0 spiro atoms. The topological polar surface area (TPSA) is 29.9 Å². The largest absolute Gasteiger partial charge is 0.335 e. The highest BCUT2D eigenvalue weighted by atomic mass is 79.9. The zero-order valence-corrected chi connectivity index (χ0v) is 13.3. The summed E-state index contributed by atoms with van der Waals surface area (Å²) in [6.07, 6.45) is 4.52. The van der Waals surface area contributed by atoms with Crippen molar-refractivity contribution >= 4 is 15.9 Å². The molecule has 0 aliphatic rings. The summed E-state index contributed by atoms with van der Waals surface area (Å²) in [4.78, 5) is 4.40. The Balaban J connectivity index is 2.26. The quantitative estimate of drug-likeness (QED) is 0.869. The van der Waals surface area contributed by atoms with Crippen LogP contribution in [0.15, 0.2) is 35.1 Å². The lowest BCUT2D eigenvalue weighted by atomic mass is 10.0. The van der Waals surface area contributed by atoms with Crippen LogP contribution in [0.4, 0.5) is 4.39 Å². The Bertz CT molecular complexity index is 548. The molecular weight excluding hydrogens is 321 g/mol. The third-order valence-electron chi connectivity index (χ3n) is 3.27. The molecule has 2 rings (SSSR count). The van der Waals surface area contributed by atoms with Crippen LogP contribution in [0.25, 0.3) is 0 Å². The third kappa shape index (κ3) is 3.67. The monoisotopic (exact) mass is 339 g/mol. The molecule has 1 aromatic carbocycles. The molecule has 0 fully saturated rings. The van der Waals surface area contributed by atoms with E-state index in [2.05, 4.69) is 37.7 Å². The summed E-state index contributed by atoms with van der Waals surface area (Å²) in [5.41, 5.74) is 0.935. The number of nitrogens with zero attached hydrogens (tertiary/aromatic N) is 2. The van der Waals surface area contributed by atoms with E-state index in [9.17, 15) is 4.39 Å².